The van der Waals surface area contributed by atoms with Crippen molar-refractivity contribution in [2.24, 2.45) is 0 Å². The van der Waals surface area contributed by atoms with E-state index in [-0.39, 0.29) is 5.02 Å². The number of nitrogens with one attached hydrogen (secondary N) is 1. The molecule has 0 saturated carbocycles. The first-order valence-electron chi connectivity index (χ1n) is 5.81. The third kappa shape index (κ3) is 2.32. The van der Waals surface area contributed by atoms with Crippen molar-refractivity contribution in [3.63, 3.8) is 0 Å². The Morgan fingerprint density at radius 2 is 1.95 bits per heavy atom. The van der Waals surface area contributed by atoms with Crippen LogP contribution in [-0.2, 0) is 0 Å². The van der Waals surface area contributed by atoms with Crippen LogP contribution in [0.1, 0.15) is 5.56 Å². The van der Waals surface area contributed by atoms with E-state index in [9.17, 15) is 4.39 Å². The highest BCUT2D eigenvalue weighted by Gasteiger charge is 2.13. The molecule has 0 saturated heterocycles. The normalized spacial score (nSPS) is 10.8. The third-order valence-corrected chi connectivity index (χ3v) is 3.92. The molecule has 0 aliphatic heterocycles. The van der Waals surface area contributed by atoms with Crippen LogP contribution in [0.25, 0.3) is 16.7 Å². The van der Waals surface area contributed by atoms with Crippen LogP contribution in [0.4, 0.5) is 4.39 Å². The summed E-state index contributed by atoms with van der Waals surface area (Å²) in [5.74, 6) is -0.529. The Morgan fingerprint density at radius 3 is 2.62 bits per heavy atom. The van der Waals surface area contributed by atoms with Crippen LogP contribution in [0.2, 0.25) is 10.0 Å². The van der Waals surface area contributed by atoms with Crippen molar-refractivity contribution in [3.05, 3.63) is 56.5 Å². The molecule has 0 aliphatic carbocycles. The highest BCUT2D eigenvalue weighted by molar-refractivity contribution is 7.71. The number of halogens is 3. The summed E-state index contributed by atoms with van der Waals surface area (Å²) in [6.07, 6.45) is 0. The molecule has 1 N–H and O–H groups in total. The van der Waals surface area contributed by atoms with Crippen molar-refractivity contribution in [1.29, 1.82) is 5.26 Å². The number of nitriles is 1. The number of aromatic nitrogens is 2. The molecule has 0 bridgehead atoms. The number of imidazole rings is 1. The molecule has 7 heteroatoms. The van der Waals surface area contributed by atoms with Gasteiger partial charge in [0, 0.05) is 6.07 Å². The van der Waals surface area contributed by atoms with Gasteiger partial charge in [0.1, 0.15) is 5.82 Å². The second-order valence-corrected chi connectivity index (χ2v) is 5.53. The van der Waals surface area contributed by atoms with Crippen LogP contribution in [0.3, 0.4) is 0 Å². The van der Waals surface area contributed by atoms with E-state index < -0.39 is 5.82 Å². The highest BCUT2D eigenvalue weighted by atomic mass is 35.5. The fourth-order valence-corrected chi connectivity index (χ4v) is 2.83. The minimum Gasteiger partial charge on any atom is -0.330 e. The minimum absolute atomic E-state index is 0.00461. The second-order valence-electron chi connectivity index (χ2n) is 4.33. The van der Waals surface area contributed by atoms with E-state index in [2.05, 4.69) is 4.98 Å². The van der Waals surface area contributed by atoms with Gasteiger partial charge in [-0.3, -0.25) is 4.57 Å². The number of benzene rings is 2. The van der Waals surface area contributed by atoms with Crippen molar-refractivity contribution in [2.75, 3.05) is 0 Å². The largest absolute Gasteiger partial charge is 0.330 e. The average molecular weight is 338 g/mol. The molecule has 104 valence electrons. The van der Waals surface area contributed by atoms with E-state index in [0.29, 0.717) is 32.1 Å². The van der Waals surface area contributed by atoms with Crippen molar-refractivity contribution >= 4 is 46.5 Å². The summed E-state index contributed by atoms with van der Waals surface area (Å²) in [5.41, 5.74) is 2.16. The predicted octanol–water partition coefficient (Wildman–Crippen LogP) is 5.01. The highest BCUT2D eigenvalue weighted by Crippen LogP contribution is 2.29. The van der Waals surface area contributed by atoms with Crippen LogP contribution in [-0.4, -0.2) is 9.55 Å². The van der Waals surface area contributed by atoms with Crippen molar-refractivity contribution < 1.29 is 4.39 Å². The Hall–Kier alpha value is -1.87. The summed E-state index contributed by atoms with van der Waals surface area (Å²) in [4.78, 5) is 2.90. The smallest absolute Gasteiger partial charge is 0.182 e. The van der Waals surface area contributed by atoms with Gasteiger partial charge >= 0.3 is 0 Å². The number of nitrogens with zero attached hydrogens (tertiary/aromatic N) is 2. The van der Waals surface area contributed by atoms with Gasteiger partial charge in [0.05, 0.1) is 38.4 Å². The molecule has 21 heavy (non-hydrogen) atoms. The molecule has 2 aromatic carbocycles. The van der Waals surface area contributed by atoms with Gasteiger partial charge in [0.15, 0.2) is 4.77 Å². The first kappa shape index (κ1) is 14.1. The van der Waals surface area contributed by atoms with Crippen LogP contribution >= 0.6 is 35.4 Å². The lowest BCUT2D eigenvalue weighted by Gasteiger charge is -2.07. The fourth-order valence-electron chi connectivity index (χ4n) is 2.10. The van der Waals surface area contributed by atoms with Gasteiger partial charge in [0.2, 0.25) is 0 Å². The van der Waals surface area contributed by atoms with Crippen LogP contribution in [0.15, 0.2) is 30.3 Å². The zero-order valence-corrected chi connectivity index (χ0v) is 12.7. The Kier molecular flexibility index (Phi) is 3.46. The van der Waals surface area contributed by atoms with E-state index in [1.807, 2.05) is 6.07 Å². The van der Waals surface area contributed by atoms with Crippen molar-refractivity contribution in [2.45, 2.75) is 0 Å². The topological polar surface area (TPSA) is 44.5 Å². The Morgan fingerprint density at radius 1 is 1.19 bits per heavy atom. The lowest BCUT2D eigenvalue weighted by atomic mass is 10.2. The first-order valence-corrected chi connectivity index (χ1v) is 6.97. The zero-order chi connectivity index (χ0) is 15.1. The van der Waals surface area contributed by atoms with Crippen LogP contribution in [0.5, 0.6) is 0 Å². The molecule has 0 radical (unpaired) electrons. The van der Waals surface area contributed by atoms with Gasteiger partial charge in [0.25, 0.3) is 0 Å². The maximum Gasteiger partial charge on any atom is 0.182 e. The van der Waals surface area contributed by atoms with E-state index in [0.717, 1.165) is 0 Å². The number of aromatic amines is 1. The number of rotatable bonds is 1. The van der Waals surface area contributed by atoms with Gasteiger partial charge in [-0.1, -0.05) is 23.2 Å². The Labute approximate surface area is 134 Å². The molecule has 0 amide bonds. The van der Waals surface area contributed by atoms with Gasteiger partial charge in [-0.25, -0.2) is 4.39 Å². The molecule has 0 aliphatic rings. The summed E-state index contributed by atoms with van der Waals surface area (Å²) in [7, 11) is 0. The number of hydrogen-bond donors (Lipinski definition) is 1. The summed E-state index contributed by atoms with van der Waals surface area (Å²) in [6.45, 7) is 0. The molecule has 3 nitrogen and oxygen atoms in total. The van der Waals surface area contributed by atoms with Gasteiger partial charge in [-0.15, -0.1) is 0 Å². The van der Waals surface area contributed by atoms with Crippen LogP contribution in [0, 0.1) is 21.9 Å². The molecule has 0 spiro atoms. The number of H-pyrrole nitrogens is 1. The Bertz CT molecular complexity index is 969. The molecule has 3 aromatic rings. The monoisotopic (exact) mass is 337 g/mol. The number of hydrogen-bond acceptors (Lipinski definition) is 2. The average Bonchev–Trinajstić information content (AvgIpc) is 2.75. The summed E-state index contributed by atoms with van der Waals surface area (Å²) in [5, 5.41) is 9.24. The van der Waals surface area contributed by atoms with Crippen molar-refractivity contribution in [3.8, 4) is 11.8 Å². The lowest BCUT2D eigenvalue weighted by molar-refractivity contribution is 0.630. The van der Waals surface area contributed by atoms with E-state index in [1.165, 1.54) is 12.1 Å². The van der Waals surface area contributed by atoms with Crippen LogP contribution < -0.4 is 0 Å². The summed E-state index contributed by atoms with van der Waals surface area (Å²) in [6, 6.07) is 9.63. The minimum atomic E-state index is -0.529. The predicted molar refractivity (Wildman–Crippen MR) is 83.2 cm³/mol. The Balaban J connectivity index is 2.35. The molecule has 1 heterocycles. The molecular formula is C14H6Cl2FN3S. The molecule has 0 atom stereocenters. The third-order valence-electron chi connectivity index (χ3n) is 3.04. The molecule has 0 fully saturated rings. The molecule has 3 rings (SSSR count). The standard InChI is InChI=1S/C14H6Cl2FN3S/c15-8-4-13-11(5-10(8)17)19-14(21)20(13)12-2-1-7(6-18)3-9(12)16/h1-5H,(H,19,21). The summed E-state index contributed by atoms with van der Waals surface area (Å²) < 4.78 is 15.5. The SMILES string of the molecule is N#Cc1ccc(-n2c(=S)[nH]c3cc(F)c(Cl)cc32)c(Cl)c1. The van der Waals surface area contributed by atoms with Gasteiger partial charge in [-0.05, 0) is 36.5 Å². The fraction of sp³-hybridized carbons (Fsp3) is 0. The zero-order valence-electron chi connectivity index (χ0n) is 10.3. The van der Waals surface area contributed by atoms with Gasteiger partial charge in [-0.2, -0.15) is 5.26 Å². The number of fused-ring (bicyclic) bond motifs is 1. The second kappa shape index (κ2) is 5.15. The summed E-state index contributed by atoms with van der Waals surface area (Å²) >= 11 is 17.3. The molecular weight excluding hydrogens is 332 g/mol. The maximum atomic E-state index is 13.5. The maximum absolute atomic E-state index is 13.5. The van der Waals surface area contributed by atoms with Crippen molar-refractivity contribution in [1.82, 2.24) is 9.55 Å². The lowest BCUT2D eigenvalue weighted by Crippen LogP contribution is -1.96. The van der Waals surface area contributed by atoms with E-state index in [1.54, 1.807) is 22.8 Å². The van der Waals surface area contributed by atoms with E-state index in [4.69, 9.17) is 40.7 Å². The van der Waals surface area contributed by atoms with E-state index >= 15 is 0 Å². The molecule has 0 unspecified atom stereocenters. The quantitative estimate of drug-likeness (QED) is 0.634. The van der Waals surface area contributed by atoms with Gasteiger partial charge < -0.3 is 4.98 Å². The molecule has 1 aromatic heterocycles. The first-order chi connectivity index (χ1) is 10.0.